The molecule has 7 nitrogen and oxygen atoms in total. The summed E-state index contributed by atoms with van der Waals surface area (Å²) < 4.78 is 10.5. The van der Waals surface area contributed by atoms with E-state index in [1.807, 2.05) is 35.7 Å². The molecule has 4 rings (SSSR count). The van der Waals surface area contributed by atoms with Crippen LogP contribution < -0.4 is 10.6 Å². The summed E-state index contributed by atoms with van der Waals surface area (Å²) in [6.45, 7) is 1.90. The Balaban J connectivity index is 1.72. The van der Waals surface area contributed by atoms with Gasteiger partial charge >= 0.3 is 5.97 Å². The average molecular weight is 509 g/mol. The summed E-state index contributed by atoms with van der Waals surface area (Å²) in [7, 11) is 0. The van der Waals surface area contributed by atoms with Gasteiger partial charge in [0.15, 0.2) is 11.9 Å². The van der Waals surface area contributed by atoms with Gasteiger partial charge in [0.2, 0.25) is 5.78 Å². The van der Waals surface area contributed by atoms with E-state index in [9.17, 15) is 14.4 Å². The first-order valence-corrected chi connectivity index (χ1v) is 12.0. The normalized spacial score (nSPS) is 11.5. The number of nitrogens with one attached hydrogen (secondary N) is 2. The van der Waals surface area contributed by atoms with Crippen molar-refractivity contribution in [1.29, 1.82) is 0 Å². The predicted octanol–water partition coefficient (Wildman–Crippen LogP) is 5.89. The van der Waals surface area contributed by atoms with Gasteiger partial charge in [-0.25, -0.2) is 4.79 Å². The summed E-state index contributed by atoms with van der Waals surface area (Å²) in [6, 6.07) is 18.7. The number of carbonyl (C=O) groups is 3. The SMILES string of the molecule is CCOC(=O)c1c(-c2ccccc2)csc1NC(NC(=O)c1ccco1)C(=O)c1ccc(Cl)cc1. The van der Waals surface area contributed by atoms with Gasteiger partial charge in [0, 0.05) is 21.5 Å². The molecule has 2 heterocycles. The molecule has 0 saturated carbocycles. The summed E-state index contributed by atoms with van der Waals surface area (Å²) >= 11 is 7.20. The van der Waals surface area contributed by atoms with Gasteiger partial charge in [-0.2, -0.15) is 0 Å². The highest BCUT2D eigenvalue weighted by atomic mass is 35.5. The van der Waals surface area contributed by atoms with Crippen molar-refractivity contribution in [1.82, 2.24) is 5.32 Å². The van der Waals surface area contributed by atoms with Gasteiger partial charge < -0.3 is 19.8 Å². The van der Waals surface area contributed by atoms with Gasteiger partial charge in [-0.1, -0.05) is 41.9 Å². The van der Waals surface area contributed by atoms with E-state index in [0.717, 1.165) is 5.56 Å². The number of hydrogen-bond acceptors (Lipinski definition) is 7. The number of Topliss-reactive ketones (excluding diaryl/α,β-unsaturated/α-hetero) is 1. The van der Waals surface area contributed by atoms with E-state index in [0.29, 0.717) is 21.2 Å². The maximum atomic E-state index is 13.4. The fraction of sp³-hybridized carbons (Fsp3) is 0.115. The molecule has 2 aromatic heterocycles. The van der Waals surface area contributed by atoms with E-state index >= 15 is 0 Å². The van der Waals surface area contributed by atoms with Crippen LogP contribution in [0.25, 0.3) is 11.1 Å². The first-order chi connectivity index (χ1) is 17.0. The second-order valence-corrected chi connectivity index (χ2v) is 8.66. The summed E-state index contributed by atoms with van der Waals surface area (Å²) in [5.74, 6) is -1.51. The number of furan rings is 1. The Kier molecular flexibility index (Phi) is 7.64. The molecule has 1 amide bonds. The van der Waals surface area contributed by atoms with Crippen molar-refractivity contribution < 1.29 is 23.5 Å². The van der Waals surface area contributed by atoms with Crippen LogP contribution in [0.2, 0.25) is 5.02 Å². The number of amides is 1. The smallest absolute Gasteiger partial charge is 0.341 e. The van der Waals surface area contributed by atoms with Gasteiger partial charge in [0.25, 0.3) is 5.91 Å². The van der Waals surface area contributed by atoms with Crippen LogP contribution in [0.4, 0.5) is 5.00 Å². The van der Waals surface area contributed by atoms with Crippen LogP contribution in [0, 0.1) is 0 Å². The molecular formula is C26H21ClN2O5S. The molecule has 0 aliphatic carbocycles. The van der Waals surface area contributed by atoms with Crippen LogP contribution in [0.1, 0.15) is 38.2 Å². The molecule has 2 N–H and O–H groups in total. The number of ether oxygens (including phenoxy) is 1. The van der Waals surface area contributed by atoms with Crippen LogP contribution in [-0.4, -0.2) is 30.4 Å². The molecule has 9 heteroatoms. The van der Waals surface area contributed by atoms with Crippen LogP contribution in [-0.2, 0) is 4.74 Å². The Morgan fingerprint density at radius 1 is 1.03 bits per heavy atom. The Bertz CT molecular complexity index is 1320. The van der Waals surface area contributed by atoms with E-state index in [1.54, 1.807) is 37.3 Å². The first kappa shape index (κ1) is 24.3. The molecular weight excluding hydrogens is 488 g/mol. The molecule has 0 bridgehead atoms. The van der Waals surface area contributed by atoms with Crippen LogP contribution in [0.3, 0.4) is 0 Å². The first-order valence-electron chi connectivity index (χ1n) is 10.7. The zero-order valence-electron chi connectivity index (χ0n) is 18.6. The van der Waals surface area contributed by atoms with Crippen LogP contribution >= 0.6 is 22.9 Å². The topological polar surface area (TPSA) is 97.6 Å². The summed E-state index contributed by atoms with van der Waals surface area (Å²) in [4.78, 5) is 39.1. The predicted molar refractivity (Wildman–Crippen MR) is 135 cm³/mol. The van der Waals surface area contributed by atoms with E-state index in [4.69, 9.17) is 20.8 Å². The Hall–Kier alpha value is -3.88. The number of benzene rings is 2. The van der Waals surface area contributed by atoms with Crippen molar-refractivity contribution in [3.05, 3.63) is 100 Å². The van der Waals surface area contributed by atoms with Gasteiger partial charge in [-0.15, -0.1) is 11.3 Å². The zero-order valence-corrected chi connectivity index (χ0v) is 20.2. The lowest BCUT2D eigenvalue weighted by molar-refractivity contribution is 0.0528. The lowest BCUT2D eigenvalue weighted by Gasteiger charge is -2.20. The van der Waals surface area contributed by atoms with E-state index in [2.05, 4.69) is 10.6 Å². The number of thiophene rings is 1. The largest absolute Gasteiger partial charge is 0.462 e. The number of ketones is 1. The van der Waals surface area contributed by atoms with Gasteiger partial charge in [0.1, 0.15) is 10.6 Å². The van der Waals surface area contributed by atoms with Crippen molar-refractivity contribution in [2.45, 2.75) is 13.1 Å². The third kappa shape index (κ3) is 5.62. The van der Waals surface area contributed by atoms with Crippen molar-refractivity contribution in [3.8, 4) is 11.1 Å². The fourth-order valence-electron chi connectivity index (χ4n) is 3.39. The Labute approximate surface area is 210 Å². The molecule has 0 radical (unpaired) electrons. The summed E-state index contributed by atoms with van der Waals surface area (Å²) in [5, 5.41) is 8.37. The molecule has 0 aliphatic rings. The van der Waals surface area contributed by atoms with Crippen LogP contribution in [0.5, 0.6) is 0 Å². The van der Waals surface area contributed by atoms with E-state index in [1.165, 1.54) is 23.7 Å². The van der Waals surface area contributed by atoms with E-state index in [-0.39, 0.29) is 17.9 Å². The summed E-state index contributed by atoms with van der Waals surface area (Å²) in [5.41, 5.74) is 2.08. The quantitative estimate of drug-likeness (QED) is 0.166. The van der Waals surface area contributed by atoms with Crippen molar-refractivity contribution >= 4 is 45.6 Å². The molecule has 0 aliphatic heterocycles. The minimum Gasteiger partial charge on any atom is -0.462 e. The number of carbonyl (C=O) groups excluding carboxylic acids is 3. The maximum Gasteiger partial charge on any atom is 0.341 e. The highest BCUT2D eigenvalue weighted by Crippen LogP contribution is 2.36. The van der Waals surface area contributed by atoms with Crippen LogP contribution in [0.15, 0.2) is 82.8 Å². The second-order valence-electron chi connectivity index (χ2n) is 7.34. The molecule has 35 heavy (non-hydrogen) atoms. The molecule has 1 unspecified atom stereocenters. The molecule has 1 atom stereocenters. The fourth-order valence-corrected chi connectivity index (χ4v) is 4.50. The highest BCUT2D eigenvalue weighted by Gasteiger charge is 2.28. The lowest BCUT2D eigenvalue weighted by atomic mass is 10.0. The van der Waals surface area contributed by atoms with Crippen molar-refractivity contribution in [2.24, 2.45) is 0 Å². The number of halogens is 1. The van der Waals surface area contributed by atoms with Gasteiger partial charge in [0.05, 0.1) is 12.9 Å². The third-order valence-electron chi connectivity index (χ3n) is 5.04. The third-order valence-corrected chi connectivity index (χ3v) is 6.21. The molecule has 2 aromatic carbocycles. The van der Waals surface area contributed by atoms with Crippen molar-refractivity contribution in [2.75, 3.05) is 11.9 Å². The minimum atomic E-state index is -1.20. The molecule has 0 spiro atoms. The minimum absolute atomic E-state index is 0.0440. The molecule has 0 fully saturated rings. The number of esters is 1. The van der Waals surface area contributed by atoms with E-state index < -0.39 is 23.8 Å². The molecule has 178 valence electrons. The summed E-state index contributed by atoms with van der Waals surface area (Å²) in [6.07, 6.45) is 0.159. The maximum absolute atomic E-state index is 13.4. The molecule has 0 saturated heterocycles. The average Bonchev–Trinajstić information content (AvgIpc) is 3.55. The number of hydrogen-bond donors (Lipinski definition) is 2. The monoisotopic (exact) mass is 508 g/mol. The number of rotatable bonds is 9. The lowest BCUT2D eigenvalue weighted by Crippen LogP contribution is -2.46. The Morgan fingerprint density at radius 2 is 1.77 bits per heavy atom. The zero-order chi connectivity index (χ0) is 24.8. The highest BCUT2D eigenvalue weighted by molar-refractivity contribution is 7.15. The van der Waals surface area contributed by atoms with Gasteiger partial charge in [-0.05, 0) is 48.9 Å². The Morgan fingerprint density at radius 3 is 2.43 bits per heavy atom. The second kappa shape index (κ2) is 11.0. The standard InChI is InChI=1S/C26H21ClN2O5S/c1-2-33-26(32)21-19(16-7-4-3-5-8-16)15-35-25(21)29-23(28-24(31)20-9-6-14-34-20)22(30)17-10-12-18(27)13-11-17/h3-15,23,29H,2H2,1H3,(H,28,31). The number of anilines is 1. The molecule has 4 aromatic rings. The van der Waals surface area contributed by atoms with Crippen molar-refractivity contribution in [3.63, 3.8) is 0 Å². The van der Waals surface area contributed by atoms with Gasteiger partial charge in [-0.3, -0.25) is 9.59 Å².